The molecule has 1 N–H and O–H groups in total. The lowest BCUT2D eigenvalue weighted by Crippen LogP contribution is -2.11. The van der Waals surface area contributed by atoms with Gasteiger partial charge in [-0.25, -0.2) is 4.98 Å². The van der Waals surface area contributed by atoms with Crippen molar-refractivity contribution in [2.45, 2.75) is 13.5 Å². The molecule has 0 atom stereocenters. The van der Waals surface area contributed by atoms with Gasteiger partial charge in [0, 0.05) is 7.05 Å². The van der Waals surface area contributed by atoms with Crippen molar-refractivity contribution >= 4 is 0 Å². The summed E-state index contributed by atoms with van der Waals surface area (Å²) in [5.41, 5.74) is 0. The van der Waals surface area contributed by atoms with Crippen LogP contribution in [0.2, 0.25) is 0 Å². The van der Waals surface area contributed by atoms with E-state index in [1.165, 1.54) is 4.90 Å². The van der Waals surface area contributed by atoms with Gasteiger partial charge in [-0.05, 0) is 6.92 Å². The topological polar surface area (TPSA) is 68.6 Å². The third-order valence-electron chi connectivity index (χ3n) is 1.19. The van der Waals surface area contributed by atoms with Gasteiger partial charge < -0.3 is 4.90 Å². The van der Waals surface area contributed by atoms with Gasteiger partial charge in [-0.2, -0.15) is 10.4 Å². The molecule has 0 saturated carbocycles. The highest BCUT2D eigenvalue weighted by Crippen LogP contribution is 1.93. The first-order chi connectivity index (χ1) is 5.22. The monoisotopic (exact) mass is 151 g/mol. The Kier molecular flexibility index (Phi) is 2.06. The smallest absolute Gasteiger partial charge is 0.179 e. The highest BCUT2D eigenvalue weighted by atomic mass is 15.2. The quantitative estimate of drug-likeness (QED) is 0.478. The third kappa shape index (κ3) is 1.93. The van der Waals surface area contributed by atoms with E-state index in [2.05, 4.69) is 15.2 Å². The lowest BCUT2D eigenvalue weighted by Gasteiger charge is -2.02. The summed E-state index contributed by atoms with van der Waals surface area (Å²) in [6.45, 7) is 2.28. The number of hydrogen-bond acceptors (Lipinski definition) is 4. The number of H-pyrrole nitrogens is 1. The molecular formula is C6H9N5. The summed E-state index contributed by atoms with van der Waals surface area (Å²) < 4.78 is 0. The second-order valence-electron chi connectivity index (χ2n) is 2.29. The average Bonchev–Trinajstić information content (AvgIpc) is 2.35. The first-order valence-corrected chi connectivity index (χ1v) is 3.21. The second kappa shape index (κ2) is 3.01. The van der Waals surface area contributed by atoms with E-state index < -0.39 is 0 Å². The fourth-order valence-corrected chi connectivity index (χ4v) is 0.707. The maximum absolute atomic E-state index is 8.41. The van der Waals surface area contributed by atoms with Crippen molar-refractivity contribution in [1.82, 2.24) is 20.1 Å². The molecule has 1 rings (SSSR count). The van der Waals surface area contributed by atoms with Crippen molar-refractivity contribution in [3.63, 3.8) is 0 Å². The Hall–Kier alpha value is -1.57. The zero-order chi connectivity index (χ0) is 8.27. The van der Waals surface area contributed by atoms with Crippen LogP contribution in [0.4, 0.5) is 0 Å². The molecule has 0 saturated heterocycles. The van der Waals surface area contributed by atoms with Gasteiger partial charge in [-0.3, -0.25) is 5.10 Å². The molecule has 0 aliphatic carbocycles. The van der Waals surface area contributed by atoms with E-state index in [4.69, 9.17) is 5.26 Å². The molecule has 0 radical (unpaired) electrons. The van der Waals surface area contributed by atoms with Gasteiger partial charge in [0.1, 0.15) is 5.82 Å². The first kappa shape index (κ1) is 7.54. The summed E-state index contributed by atoms with van der Waals surface area (Å²) >= 11 is 0. The largest absolute Gasteiger partial charge is 0.306 e. The number of nitriles is 1. The molecule has 5 nitrogen and oxygen atoms in total. The van der Waals surface area contributed by atoms with Crippen LogP contribution in [0, 0.1) is 18.4 Å². The molecule has 1 aromatic heterocycles. The number of aromatic amines is 1. The number of nitrogens with zero attached hydrogens (tertiary/aromatic N) is 4. The summed E-state index contributed by atoms with van der Waals surface area (Å²) in [6, 6.07) is 0. The Morgan fingerprint density at radius 2 is 2.45 bits per heavy atom. The molecule has 58 valence electrons. The number of aromatic nitrogens is 3. The normalized spacial score (nSPS) is 9.18. The third-order valence-corrected chi connectivity index (χ3v) is 1.19. The van der Waals surface area contributed by atoms with Gasteiger partial charge in [-0.15, -0.1) is 0 Å². The Labute approximate surface area is 64.7 Å². The predicted molar refractivity (Wildman–Crippen MR) is 38.2 cm³/mol. The SMILES string of the molecule is Cc1nc(CN(C)C#N)n[nH]1. The second-order valence-corrected chi connectivity index (χ2v) is 2.29. The molecular weight excluding hydrogens is 142 g/mol. The van der Waals surface area contributed by atoms with Crippen molar-refractivity contribution < 1.29 is 0 Å². The molecule has 0 aliphatic heterocycles. The van der Waals surface area contributed by atoms with Gasteiger partial charge >= 0.3 is 0 Å². The lowest BCUT2D eigenvalue weighted by atomic mass is 10.5. The maximum Gasteiger partial charge on any atom is 0.179 e. The van der Waals surface area contributed by atoms with Gasteiger partial charge in [0.15, 0.2) is 12.0 Å². The number of rotatable bonds is 2. The minimum absolute atomic E-state index is 0.459. The fraction of sp³-hybridized carbons (Fsp3) is 0.500. The maximum atomic E-state index is 8.41. The van der Waals surface area contributed by atoms with Crippen molar-refractivity contribution in [2.75, 3.05) is 7.05 Å². The van der Waals surface area contributed by atoms with E-state index in [1.807, 2.05) is 13.1 Å². The lowest BCUT2D eigenvalue weighted by molar-refractivity contribution is 0.454. The Morgan fingerprint density at radius 3 is 2.91 bits per heavy atom. The van der Waals surface area contributed by atoms with Gasteiger partial charge in [0.25, 0.3) is 0 Å². The van der Waals surface area contributed by atoms with Crippen LogP contribution < -0.4 is 0 Å². The number of aryl methyl sites for hydroxylation is 1. The van der Waals surface area contributed by atoms with Crippen LogP contribution in [-0.4, -0.2) is 27.1 Å². The highest BCUT2D eigenvalue weighted by Gasteiger charge is 2.01. The molecule has 0 amide bonds. The van der Waals surface area contributed by atoms with Crippen LogP contribution in [0.25, 0.3) is 0 Å². The molecule has 0 aliphatic rings. The molecule has 0 bridgehead atoms. The molecule has 11 heavy (non-hydrogen) atoms. The molecule has 1 heterocycles. The standard InChI is InChI=1S/C6H9N5/c1-5-8-6(10-9-5)3-11(2)4-7/h3H2,1-2H3,(H,8,9,10). The van der Waals surface area contributed by atoms with E-state index >= 15 is 0 Å². The molecule has 0 unspecified atom stereocenters. The Bertz CT molecular complexity index is 271. The summed E-state index contributed by atoms with van der Waals surface area (Å²) in [6.07, 6.45) is 1.96. The Balaban J connectivity index is 2.59. The minimum atomic E-state index is 0.459. The molecule has 0 spiro atoms. The van der Waals surface area contributed by atoms with Crippen molar-refractivity contribution in [1.29, 1.82) is 5.26 Å². The van der Waals surface area contributed by atoms with Gasteiger partial charge in [0.05, 0.1) is 6.54 Å². The van der Waals surface area contributed by atoms with Gasteiger partial charge in [0.2, 0.25) is 0 Å². The van der Waals surface area contributed by atoms with E-state index in [0.717, 1.165) is 5.82 Å². The van der Waals surface area contributed by atoms with E-state index in [9.17, 15) is 0 Å². The first-order valence-electron chi connectivity index (χ1n) is 3.21. The van der Waals surface area contributed by atoms with Crippen LogP contribution in [0.3, 0.4) is 0 Å². The summed E-state index contributed by atoms with van der Waals surface area (Å²) in [5, 5.41) is 15.0. The molecule has 5 heteroatoms. The number of nitrogens with one attached hydrogen (secondary N) is 1. The van der Waals surface area contributed by atoms with Crippen LogP contribution in [-0.2, 0) is 6.54 Å². The van der Waals surface area contributed by atoms with Crippen LogP contribution in [0.1, 0.15) is 11.6 Å². The van der Waals surface area contributed by atoms with Crippen LogP contribution in [0.5, 0.6) is 0 Å². The minimum Gasteiger partial charge on any atom is -0.306 e. The predicted octanol–water partition coefficient (Wildman–Crippen LogP) is 0.0260. The van der Waals surface area contributed by atoms with E-state index in [1.54, 1.807) is 7.05 Å². The van der Waals surface area contributed by atoms with E-state index in [0.29, 0.717) is 12.4 Å². The zero-order valence-electron chi connectivity index (χ0n) is 6.50. The average molecular weight is 151 g/mol. The summed E-state index contributed by atoms with van der Waals surface area (Å²) in [4.78, 5) is 5.50. The van der Waals surface area contributed by atoms with Crippen LogP contribution in [0.15, 0.2) is 0 Å². The van der Waals surface area contributed by atoms with Crippen LogP contribution >= 0.6 is 0 Å². The van der Waals surface area contributed by atoms with Gasteiger partial charge in [-0.1, -0.05) is 0 Å². The highest BCUT2D eigenvalue weighted by molar-refractivity contribution is 4.88. The molecule has 1 aromatic rings. The molecule has 0 fully saturated rings. The number of hydrogen-bond donors (Lipinski definition) is 1. The summed E-state index contributed by atoms with van der Waals surface area (Å²) in [5.74, 6) is 1.41. The Morgan fingerprint density at radius 1 is 1.73 bits per heavy atom. The molecule has 0 aromatic carbocycles. The van der Waals surface area contributed by atoms with E-state index in [-0.39, 0.29) is 0 Å². The zero-order valence-corrected chi connectivity index (χ0v) is 6.50. The fourth-order valence-electron chi connectivity index (χ4n) is 0.707. The van der Waals surface area contributed by atoms with Crippen molar-refractivity contribution in [3.05, 3.63) is 11.6 Å². The van der Waals surface area contributed by atoms with Crippen molar-refractivity contribution in [2.24, 2.45) is 0 Å². The van der Waals surface area contributed by atoms with Crippen molar-refractivity contribution in [3.8, 4) is 6.19 Å². The summed E-state index contributed by atoms with van der Waals surface area (Å²) in [7, 11) is 1.69.